The summed E-state index contributed by atoms with van der Waals surface area (Å²) in [6.45, 7) is 2.72. The van der Waals surface area contributed by atoms with E-state index < -0.39 is 5.97 Å². The molecule has 1 saturated heterocycles. The first kappa shape index (κ1) is 11.1. The van der Waals surface area contributed by atoms with Crippen molar-refractivity contribution in [1.29, 1.82) is 0 Å². The Morgan fingerprint density at radius 1 is 1.56 bits per heavy atom. The minimum atomic E-state index is -0.562. The molecule has 6 heteroatoms. The number of aromatic nitrogens is 2. The molecule has 0 N–H and O–H groups in total. The molecule has 1 aliphatic rings. The maximum Gasteiger partial charge on any atom is 0.379 e. The standard InChI is InChI=1S/C10H14N2O4/c1-2-14-10(13)8-11-9(16-12-8)7-5-3-4-6-15-7/h7H,2-6H2,1H3. The Morgan fingerprint density at radius 3 is 3.12 bits per heavy atom. The average molecular weight is 226 g/mol. The molecule has 2 rings (SSSR count). The van der Waals surface area contributed by atoms with Gasteiger partial charge in [-0.2, -0.15) is 4.98 Å². The van der Waals surface area contributed by atoms with Gasteiger partial charge in [0.25, 0.3) is 11.7 Å². The summed E-state index contributed by atoms with van der Waals surface area (Å²) < 4.78 is 15.2. The molecule has 0 radical (unpaired) electrons. The van der Waals surface area contributed by atoms with E-state index in [1.54, 1.807) is 6.92 Å². The summed E-state index contributed by atoms with van der Waals surface area (Å²) in [5.41, 5.74) is 0. The molecule has 0 saturated carbocycles. The van der Waals surface area contributed by atoms with Crippen LogP contribution in [0.2, 0.25) is 0 Å². The summed E-state index contributed by atoms with van der Waals surface area (Å²) in [6, 6.07) is 0. The first-order valence-corrected chi connectivity index (χ1v) is 5.43. The number of hydrogen-bond donors (Lipinski definition) is 0. The second-order valence-electron chi connectivity index (χ2n) is 3.53. The minimum absolute atomic E-state index is 0.0361. The van der Waals surface area contributed by atoms with Crippen LogP contribution in [0.1, 0.15) is 48.8 Å². The molecule has 16 heavy (non-hydrogen) atoms. The average Bonchev–Trinajstić information content (AvgIpc) is 2.80. The smallest absolute Gasteiger partial charge is 0.379 e. The van der Waals surface area contributed by atoms with Crippen LogP contribution in [0, 0.1) is 0 Å². The lowest BCUT2D eigenvalue weighted by molar-refractivity contribution is -0.00459. The van der Waals surface area contributed by atoms with Crippen LogP contribution in [-0.4, -0.2) is 29.3 Å². The predicted molar refractivity (Wildman–Crippen MR) is 52.8 cm³/mol. The quantitative estimate of drug-likeness (QED) is 0.727. The molecule has 6 nitrogen and oxygen atoms in total. The highest BCUT2D eigenvalue weighted by Crippen LogP contribution is 2.26. The van der Waals surface area contributed by atoms with Crippen molar-refractivity contribution in [2.75, 3.05) is 13.2 Å². The lowest BCUT2D eigenvalue weighted by atomic mass is 10.1. The highest BCUT2D eigenvalue weighted by molar-refractivity contribution is 5.84. The fraction of sp³-hybridized carbons (Fsp3) is 0.700. The summed E-state index contributed by atoms with van der Waals surface area (Å²) in [4.78, 5) is 15.3. The Kier molecular flexibility index (Phi) is 3.51. The minimum Gasteiger partial charge on any atom is -0.460 e. The lowest BCUT2D eigenvalue weighted by Crippen LogP contribution is -2.12. The molecule has 0 aliphatic carbocycles. The lowest BCUT2D eigenvalue weighted by Gasteiger charge is -2.18. The highest BCUT2D eigenvalue weighted by atomic mass is 16.5. The molecule has 0 bridgehead atoms. The highest BCUT2D eigenvalue weighted by Gasteiger charge is 2.24. The van der Waals surface area contributed by atoms with Crippen LogP contribution in [0.5, 0.6) is 0 Å². The third-order valence-electron chi connectivity index (χ3n) is 2.35. The van der Waals surface area contributed by atoms with Crippen LogP contribution in [0.25, 0.3) is 0 Å². The largest absolute Gasteiger partial charge is 0.460 e. The van der Waals surface area contributed by atoms with Crippen LogP contribution in [0.4, 0.5) is 0 Å². The van der Waals surface area contributed by atoms with Gasteiger partial charge < -0.3 is 14.0 Å². The Morgan fingerprint density at radius 2 is 2.44 bits per heavy atom. The summed E-state index contributed by atoms with van der Waals surface area (Å²) >= 11 is 0. The first-order chi connectivity index (χ1) is 7.81. The van der Waals surface area contributed by atoms with Gasteiger partial charge in [-0.1, -0.05) is 0 Å². The van der Waals surface area contributed by atoms with Crippen molar-refractivity contribution in [2.45, 2.75) is 32.3 Å². The van der Waals surface area contributed by atoms with Crippen molar-refractivity contribution >= 4 is 5.97 Å². The molecule has 1 unspecified atom stereocenters. The molecule has 2 heterocycles. The van der Waals surface area contributed by atoms with E-state index in [2.05, 4.69) is 10.1 Å². The monoisotopic (exact) mass is 226 g/mol. The molecular formula is C10H14N2O4. The molecule has 1 atom stereocenters. The van der Waals surface area contributed by atoms with Gasteiger partial charge >= 0.3 is 5.97 Å². The molecule has 88 valence electrons. The van der Waals surface area contributed by atoms with Gasteiger partial charge in [0, 0.05) is 6.61 Å². The van der Waals surface area contributed by atoms with Gasteiger partial charge in [-0.3, -0.25) is 0 Å². The number of carbonyl (C=O) groups excluding carboxylic acids is 1. The predicted octanol–water partition coefficient (Wildman–Crippen LogP) is 1.49. The third kappa shape index (κ3) is 2.38. The number of nitrogens with zero attached hydrogens (tertiary/aromatic N) is 2. The molecule has 0 aromatic carbocycles. The Labute approximate surface area is 92.9 Å². The van der Waals surface area contributed by atoms with Crippen LogP contribution in [-0.2, 0) is 9.47 Å². The van der Waals surface area contributed by atoms with E-state index >= 15 is 0 Å². The Hall–Kier alpha value is -1.43. The summed E-state index contributed by atoms with van der Waals surface area (Å²) in [6.07, 6.45) is 2.80. The van der Waals surface area contributed by atoms with E-state index in [4.69, 9.17) is 14.0 Å². The van der Waals surface area contributed by atoms with Gasteiger partial charge in [0.1, 0.15) is 6.10 Å². The second kappa shape index (κ2) is 5.07. The maximum absolute atomic E-state index is 11.3. The topological polar surface area (TPSA) is 74.5 Å². The molecule has 0 spiro atoms. The molecule has 0 amide bonds. The number of carbonyl (C=O) groups is 1. The van der Waals surface area contributed by atoms with E-state index in [1.807, 2.05) is 0 Å². The Balaban J connectivity index is 2.03. The van der Waals surface area contributed by atoms with Crippen molar-refractivity contribution in [3.8, 4) is 0 Å². The zero-order valence-corrected chi connectivity index (χ0v) is 9.14. The summed E-state index contributed by atoms with van der Waals surface area (Å²) in [5.74, 6) is -0.234. The number of ether oxygens (including phenoxy) is 2. The van der Waals surface area contributed by atoms with Crippen molar-refractivity contribution in [3.05, 3.63) is 11.7 Å². The third-order valence-corrected chi connectivity index (χ3v) is 2.35. The van der Waals surface area contributed by atoms with E-state index in [1.165, 1.54) is 0 Å². The summed E-state index contributed by atoms with van der Waals surface area (Å²) in [5, 5.41) is 3.57. The summed E-state index contributed by atoms with van der Waals surface area (Å²) in [7, 11) is 0. The molecular weight excluding hydrogens is 212 g/mol. The van der Waals surface area contributed by atoms with Crippen molar-refractivity contribution in [2.24, 2.45) is 0 Å². The molecule has 1 aromatic heterocycles. The number of hydrogen-bond acceptors (Lipinski definition) is 6. The Bertz CT molecular complexity index is 357. The van der Waals surface area contributed by atoms with E-state index in [-0.39, 0.29) is 11.9 Å². The van der Waals surface area contributed by atoms with Gasteiger partial charge in [-0.15, -0.1) is 0 Å². The van der Waals surface area contributed by atoms with Crippen LogP contribution in [0.3, 0.4) is 0 Å². The SMILES string of the molecule is CCOC(=O)c1noc(C2CCCCO2)n1. The van der Waals surface area contributed by atoms with Crippen LogP contribution < -0.4 is 0 Å². The zero-order valence-electron chi connectivity index (χ0n) is 9.14. The van der Waals surface area contributed by atoms with Crippen LogP contribution >= 0.6 is 0 Å². The maximum atomic E-state index is 11.3. The first-order valence-electron chi connectivity index (χ1n) is 5.43. The molecule has 1 fully saturated rings. The number of rotatable bonds is 3. The van der Waals surface area contributed by atoms with Crippen LogP contribution in [0.15, 0.2) is 4.52 Å². The van der Waals surface area contributed by atoms with E-state index in [9.17, 15) is 4.79 Å². The molecule has 1 aromatic rings. The van der Waals surface area contributed by atoms with Crippen molar-refractivity contribution in [3.63, 3.8) is 0 Å². The zero-order chi connectivity index (χ0) is 11.4. The van der Waals surface area contributed by atoms with Crippen molar-refractivity contribution < 1.29 is 18.8 Å². The molecule has 1 aliphatic heterocycles. The van der Waals surface area contributed by atoms with Gasteiger partial charge in [0.15, 0.2) is 0 Å². The normalized spacial score (nSPS) is 20.7. The van der Waals surface area contributed by atoms with E-state index in [0.717, 1.165) is 19.3 Å². The van der Waals surface area contributed by atoms with Gasteiger partial charge in [0.05, 0.1) is 6.61 Å². The number of esters is 1. The second-order valence-corrected chi connectivity index (χ2v) is 3.53. The fourth-order valence-corrected chi connectivity index (χ4v) is 1.58. The van der Waals surface area contributed by atoms with Gasteiger partial charge in [0.2, 0.25) is 0 Å². The van der Waals surface area contributed by atoms with Gasteiger partial charge in [-0.05, 0) is 31.3 Å². The van der Waals surface area contributed by atoms with Gasteiger partial charge in [-0.25, -0.2) is 4.79 Å². The van der Waals surface area contributed by atoms with Crippen molar-refractivity contribution in [1.82, 2.24) is 10.1 Å². The fourth-order valence-electron chi connectivity index (χ4n) is 1.58. The van der Waals surface area contributed by atoms with E-state index in [0.29, 0.717) is 19.1 Å².